The Kier molecular flexibility index (Phi) is 3.69. The molecule has 4 heteroatoms. The summed E-state index contributed by atoms with van der Waals surface area (Å²) in [5.74, 6) is 0.482. The number of hydrogen-bond donors (Lipinski definition) is 1. The monoisotopic (exact) mass is 281 g/mol. The van der Waals surface area contributed by atoms with Crippen molar-refractivity contribution in [3.63, 3.8) is 0 Å². The molecule has 0 fully saturated rings. The van der Waals surface area contributed by atoms with Crippen LogP contribution in [0.5, 0.6) is 0 Å². The maximum absolute atomic E-state index is 11.0. The molecule has 0 saturated heterocycles. The predicted octanol–water partition coefficient (Wildman–Crippen LogP) is 2.75. The molecule has 1 unspecified atom stereocenters. The molecule has 21 heavy (non-hydrogen) atoms. The smallest absolute Gasteiger partial charge is 0.146 e. The SMILES string of the molecule is O=CC1=CC=C(NCc2cc3ccccc3o2)CC1C=O. The number of furan rings is 1. The van der Waals surface area contributed by atoms with Gasteiger partial charge in [-0.1, -0.05) is 24.3 Å². The van der Waals surface area contributed by atoms with E-state index in [4.69, 9.17) is 4.42 Å². The van der Waals surface area contributed by atoms with Gasteiger partial charge >= 0.3 is 0 Å². The number of carbonyl (C=O) groups excluding carboxylic acids is 2. The lowest BCUT2D eigenvalue weighted by Crippen LogP contribution is -2.20. The van der Waals surface area contributed by atoms with Crippen LogP contribution in [0.2, 0.25) is 0 Å². The highest BCUT2D eigenvalue weighted by Crippen LogP contribution is 2.22. The van der Waals surface area contributed by atoms with Crippen LogP contribution in [0.25, 0.3) is 11.0 Å². The molecule has 4 nitrogen and oxygen atoms in total. The summed E-state index contributed by atoms with van der Waals surface area (Å²) in [5, 5.41) is 4.33. The standard InChI is InChI=1S/C17H15NO3/c19-10-13-5-6-15(7-14(13)11-20)18-9-16-8-12-3-1-2-4-17(12)21-16/h1-6,8,10-11,14,18H,7,9H2. The Morgan fingerprint density at radius 3 is 2.86 bits per heavy atom. The molecule has 1 aliphatic rings. The zero-order chi connectivity index (χ0) is 14.7. The second-order valence-electron chi connectivity index (χ2n) is 5.03. The van der Waals surface area contributed by atoms with Gasteiger partial charge in [-0.15, -0.1) is 0 Å². The second kappa shape index (κ2) is 5.79. The Bertz CT molecular complexity index is 706. The van der Waals surface area contributed by atoms with Gasteiger partial charge in [0.2, 0.25) is 0 Å². The third-order valence-corrected chi connectivity index (χ3v) is 3.61. The number of carbonyl (C=O) groups is 2. The topological polar surface area (TPSA) is 59.3 Å². The number of benzene rings is 1. The number of para-hydroxylation sites is 1. The van der Waals surface area contributed by atoms with Crippen LogP contribution < -0.4 is 5.32 Å². The minimum Gasteiger partial charge on any atom is -0.459 e. The van der Waals surface area contributed by atoms with Gasteiger partial charge in [0, 0.05) is 29.0 Å². The van der Waals surface area contributed by atoms with Gasteiger partial charge in [-0.25, -0.2) is 0 Å². The molecule has 0 spiro atoms. The van der Waals surface area contributed by atoms with Crippen LogP contribution in [0.3, 0.4) is 0 Å². The van der Waals surface area contributed by atoms with Crippen LogP contribution in [0.4, 0.5) is 0 Å². The summed E-state index contributed by atoms with van der Waals surface area (Å²) in [7, 11) is 0. The molecule has 0 radical (unpaired) electrons. The minimum absolute atomic E-state index is 0.356. The number of aldehydes is 2. The first kappa shape index (κ1) is 13.4. The van der Waals surface area contributed by atoms with Crippen molar-refractivity contribution in [2.24, 2.45) is 5.92 Å². The Morgan fingerprint density at radius 2 is 2.10 bits per heavy atom. The van der Waals surface area contributed by atoms with Crippen molar-refractivity contribution in [1.82, 2.24) is 5.32 Å². The van der Waals surface area contributed by atoms with Crippen molar-refractivity contribution >= 4 is 23.5 Å². The van der Waals surface area contributed by atoms with Gasteiger partial charge in [-0.3, -0.25) is 4.79 Å². The zero-order valence-corrected chi connectivity index (χ0v) is 11.4. The van der Waals surface area contributed by atoms with Gasteiger partial charge in [-0.2, -0.15) is 0 Å². The molecule has 1 aromatic heterocycles. The average molecular weight is 281 g/mol. The molecule has 3 rings (SSSR count). The number of fused-ring (bicyclic) bond motifs is 1. The summed E-state index contributed by atoms with van der Waals surface area (Å²) in [6, 6.07) is 9.84. The maximum atomic E-state index is 11.0. The summed E-state index contributed by atoms with van der Waals surface area (Å²) in [5.41, 5.74) is 2.32. The van der Waals surface area contributed by atoms with Crippen molar-refractivity contribution in [2.45, 2.75) is 13.0 Å². The second-order valence-corrected chi connectivity index (χ2v) is 5.03. The molecule has 1 N–H and O–H groups in total. The highest BCUT2D eigenvalue weighted by Gasteiger charge is 2.18. The van der Waals surface area contributed by atoms with Gasteiger partial charge in [0.05, 0.1) is 6.54 Å². The molecule has 0 saturated carbocycles. The first-order valence-electron chi connectivity index (χ1n) is 6.82. The van der Waals surface area contributed by atoms with Crippen LogP contribution in [0.15, 0.2) is 58.2 Å². The molecule has 1 heterocycles. The fraction of sp³-hybridized carbons (Fsp3) is 0.176. The fourth-order valence-corrected chi connectivity index (χ4v) is 2.45. The molecule has 0 amide bonds. The van der Waals surface area contributed by atoms with Crippen molar-refractivity contribution in [2.75, 3.05) is 0 Å². The van der Waals surface area contributed by atoms with Gasteiger partial charge < -0.3 is 14.5 Å². The molecule has 0 bridgehead atoms. The van der Waals surface area contributed by atoms with Crippen molar-refractivity contribution in [3.8, 4) is 0 Å². The van der Waals surface area contributed by atoms with E-state index in [1.807, 2.05) is 36.4 Å². The maximum Gasteiger partial charge on any atom is 0.146 e. The van der Waals surface area contributed by atoms with E-state index in [0.29, 0.717) is 18.5 Å². The quantitative estimate of drug-likeness (QED) is 0.856. The number of hydrogen-bond acceptors (Lipinski definition) is 4. The van der Waals surface area contributed by atoms with Gasteiger partial charge in [0.15, 0.2) is 0 Å². The van der Waals surface area contributed by atoms with Crippen LogP contribution in [-0.4, -0.2) is 12.6 Å². The van der Waals surface area contributed by atoms with Gasteiger partial charge in [0.1, 0.15) is 23.9 Å². The fourth-order valence-electron chi connectivity index (χ4n) is 2.45. The lowest BCUT2D eigenvalue weighted by atomic mass is 9.92. The van der Waals surface area contributed by atoms with Crippen LogP contribution in [-0.2, 0) is 16.1 Å². The number of rotatable bonds is 5. The van der Waals surface area contributed by atoms with Crippen molar-refractivity contribution in [1.29, 1.82) is 0 Å². The minimum atomic E-state index is -0.356. The van der Waals surface area contributed by atoms with E-state index >= 15 is 0 Å². The van der Waals surface area contributed by atoms with E-state index in [0.717, 1.165) is 35.0 Å². The average Bonchev–Trinajstić information content (AvgIpc) is 2.95. The molecular formula is C17H15NO3. The Morgan fingerprint density at radius 1 is 1.24 bits per heavy atom. The van der Waals surface area contributed by atoms with E-state index in [2.05, 4.69) is 5.32 Å². The third-order valence-electron chi connectivity index (χ3n) is 3.61. The summed E-state index contributed by atoms with van der Waals surface area (Å²) < 4.78 is 5.72. The highest BCUT2D eigenvalue weighted by molar-refractivity contribution is 5.82. The van der Waals surface area contributed by atoms with Gasteiger partial charge in [-0.05, 0) is 18.2 Å². The van der Waals surface area contributed by atoms with Gasteiger partial charge in [0.25, 0.3) is 0 Å². The Hall–Kier alpha value is -2.62. The first-order valence-corrected chi connectivity index (χ1v) is 6.82. The molecule has 0 aliphatic heterocycles. The van der Waals surface area contributed by atoms with Crippen molar-refractivity contribution < 1.29 is 14.0 Å². The van der Waals surface area contributed by atoms with Crippen LogP contribution in [0.1, 0.15) is 12.2 Å². The van der Waals surface area contributed by atoms with E-state index in [-0.39, 0.29) is 5.92 Å². The molecule has 2 aromatic rings. The summed E-state index contributed by atoms with van der Waals surface area (Å²) in [6.07, 6.45) is 5.61. The van der Waals surface area contributed by atoms with E-state index < -0.39 is 0 Å². The summed E-state index contributed by atoms with van der Waals surface area (Å²) >= 11 is 0. The lowest BCUT2D eigenvalue weighted by molar-refractivity contribution is -0.112. The van der Waals surface area contributed by atoms with Crippen LogP contribution in [0, 0.1) is 5.92 Å². The Labute approximate surface area is 122 Å². The molecule has 1 atom stereocenters. The molecule has 106 valence electrons. The molecule has 1 aromatic carbocycles. The summed E-state index contributed by atoms with van der Waals surface area (Å²) in [4.78, 5) is 21.8. The van der Waals surface area contributed by atoms with Crippen LogP contribution >= 0.6 is 0 Å². The Balaban J connectivity index is 1.70. The van der Waals surface area contributed by atoms with E-state index in [9.17, 15) is 9.59 Å². The largest absolute Gasteiger partial charge is 0.459 e. The third kappa shape index (κ3) is 2.79. The summed E-state index contributed by atoms with van der Waals surface area (Å²) in [6.45, 7) is 0.552. The first-order chi connectivity index (χ1) is 10.3. The number of nitrogens with one attached hydrogen (secondary N) is 1. The lowest BCUT2D eigenvalue weighted by Gasteiger charge is -2.18. The normalized spacial score (nSPS) is 18.0. The zero-order valence-electron chi connectivity index (χ0n) is 11.4. The number of allylic oxidation sites excluding steroid dienone is 4. The van der Waals surface area contributed by atoms with E-state index in [1.165, 1.54) is 0 Å². The predicted molar refractivity (Wildman–Crippen MR) is 79.5 cm³/mol. The molecular weight excluding hydrogens is 266 g/mol. The highest BCUT2D eigenvalue weighted by atomic mass is 16.3. The molecule has 1 aliphatic carbocycles. The van der Waals surface area contributed by atoms with E-state index in [1.54, 1.807) is 6.08 Å². The van der Waals surface area contributed by atoms with Crippen molar-refractivity contribution in [3.05, 3.63) is 59.5 Å².